The van der Waals surface area contributed by atoms with Crippen LogP contribution in [0.4, 0.5) is 0 Å². The number of aliphatic carboxylic acids is 1. The number of rotatable bonds is 10. The quantitative estimate of drug-likeness (QED) is 0.341. The van der Waals surface area contributed by atoms with Gasteiger partial charge in [0.25, 0.3) is 0 Å². The van der Waals surface area contributed by atoms with Gasteiger partial charge in [-0.2, -0.15) is 0 Å². The third-order valence-electron chi connectivity index (χ3n) is 5.87. The van der Waals surface area contributed by atoms with Gasteiger partial charge in [-0.1, -0.05) is 57.2 Å². The van der Waals surface area contributed by atoms with Crippen LogP contribution >= 0.6 is 0 Å². The fourth-order valence-corrected chi connectivity index (χ4v) is 3.91. The monoisotopic (exact) mass is 425 g/mol. The van der Waals surface area contributed by atoms with Crippen molar-refractivity contribution < 1.29 is 14.3 Å². The highest BCUT2D eigenvalue weighted by molar-refractivity contribution is 6.74. The predicted molar refractivity (Wildman–Crippen MR) is 126 cm³/mol. The van der Waals surface area contributed by atoms with Crippen LogP contribution in [-0.4, -0.2) is 24.4 Å². The largest absolute Gasteiger partial charge is 0.481 e. The van der Waals surface area contributed by atoms with Crippen LogP contribution in [-0.2, 0) is 15.8 Å². The summed E-state index contributed by atoms with van der Waals surface area (Å²) in [5.41, 5.74) is 4.52. The van der Waals surface area contributed by atoms with Gasteiger partial charge in [-0.25, -0.2) is 0 Å². The Hall–Kier alpha value is -2.24. The van der Waals surface area contributed by atoms with E-state index >= 15 is 0 Å². The molecule has 1 aromatic heterocycles. The number of carbonyl (C=O) groups is 1. The second kappa shape index (κ2) is 10.7. The molecule has 0 spiro atoms. The summed E-state index contributed by atoms with van der Waals surface area (Å²) in [5, 5.41) is 9.02. The topological polar surface area (TPSA) is 59.4 Å². The van der Waals surface area contributed by atoms with Crippen molar-refractivity contribution >= 4 is 19.9 Å². The molecular formula is C25H35NO3Si. The van der Waals surface area contributed by atoms with Gasteiger partial charge in [0.15, 0.2) is 8.32 Å². The minimum absolute atomic E-state index is 0.161. The van der Waals surface area contributed by atoms with Crippen molar-refractivity contribution in [3.05, 3.63) is 71.6 Å². The van der Waals surface area contributed by atoms with E-state index in [0.29, 0.717) is 13.0 Å². The Labute approximate surface area is 182 Å². The number of nitrogens with zero attached hydrogens (tertiary/aromatic N) is 1. The van der Waals surface area contributed by atoms with Crippen LogP contribution in [0, 0.1) is 0 Å². The third kappa shape index (κ3) is 6.92. The zero-order chi connectivity index (χ0) is 22.2. The summed E-state index contributed by atoms with van der Waals surface area (Å²) in [6, 6.07) is 12.4. The summed E-state index contributed by atoms with van der Waals surface area (Å²) in [6.07, 6.45) is 8.45. The van der Waals surface area contributed by atoms with Crippen LogP contribution in [0.3, 0.4) is 0 Å². The van der Waals surface area contributed by atoms with Crippen molar-refractivity contribution in [2.24, 2.45) is 0 Å². The zero-order valence-electron chi connectivity index (χ0n) is 18.9. The molecule has 0 aliphatic heterocycles. The number of aromatic nitrogens is 1. The highest BCUT2D eigenvalue weighted by atomic mass is 28.4. The summed E-state index contributed by atoms with van der Waals surface area (Å²) in [6.45, 7) is 11.9. The van der Waals surface area contributed by atoms with Gasteiger partial charge >= 0.3 is 5.97 Å². The summed E-state index contributed by atoms with van der Waals surface area (Å²) >= 11 is 0. The van der Waals surface area contributed by atoms with Crippen molar-refractivity contribution in [3.63, 3.8) is 0 Å². The van der Waals surface area contributed by atoms with Gasteiger partial charge < -0.3 is 9.53 Å². The lowest BCUT2D eigenvalue weighted by molar-refractivity contribution is -0.137. The van der Waals surface area contributed by atoms with Crippen LogP contribution in [0.25, 0.3) is 5.57 Å². The zero-order valence-corrected chi connectivity index (χ0v) is 19.9. The molecule has 1 aromatic carbocycles. The van der Waals surface area contributed by atoms with Crippen LogP contribution in [0.15, 0.2) is 54.9 Å². The minimum atomic E-state index is -1.86. The summed E-state index contributed by atoms with van der Waals surface area (Å²) in [5.74, 6) is -0.736. The van der Waals surface area contributed by atoms with E-state index in [1.165, 1.54) is 5.56 Å². The first-order valence-electron chi connectivity index (χ1n) is 10.7. The number of allylic oxidation sites excluding steroid dienone is 1. The first-order valence-corrected chi connectivity index (χ1v) is 13.6. The molecule has 30 heavy (non-hydrogen) atoms. The molecule has 5 heteroatoms. The summed E-state index contributed by atoms with van der Waals surface area (Å²) in [4.78, 5) is 15.1. The van der Waals surface area contributed by atoms with Crippen LogP contribution in [0.2, 0.25) is 18.1 Å². The van der Waals surface area contributed by atoms with Gasteiger partial charge in [0.1, 0.15) is 0 Å². The lowest BCUT2D eigenvalue weighted by Crippen LogP contribution is -2.40. The molecule has 0 bridgehead atoms. The molecule has 4 nitrogen and oxygen atoms in total. The van der Waals surface area contributed by atoms with E-state index in [1.54, 1.807) is 6.20 Å². The number of carboxylic acid groups (broad SMARTS) is 1. The Kier molecular flexibility index (Phi) is 8.56. The van der Waals surface area contributed by atoms with Gasteiger partial charge in [-0.3, -0.25) is 9.78 Å². The molecule has 0 amide bonds. The fraction of sp³-hybridized carbons (Fsp3) is 0.440. The molecule has 0 unspecified atom stereocenters. The molecule has 0 saturated carbocycles. The van der Waals surface area contributed by atoms with Gasteiger partial charge in [0.05, 0.1) is 6.61 Å². The molecule has 1 heterocycles. The Morgan fingerprint density at radius 2 is 1.87 bits per heavy atom. The Morgan fingerprint density at radius 3 is 2.50 bits per heavy atom. The molecule has 0 fully saturated rings. The maximum absolute atomic E-state index is 10.8. The van der Waals surface area contributed by atoms with Gasteiger partial charge in [-0.15, -0.1) is 0 Å². The molecule has 2 rings (SSSR count). The molecule has 0 atom stereocenters. The van der Waals surface area contributed by atoms with E-state index in [0.717, 1.165) is 29.5 Å². The van der Waals surface area contributed by atoms with Crippen molar-refractivity contribution in [3.8, 4) is 0 Å². The lowest BCUT2D eigenvalue weighted by atomic mass is 9.93. The fourth-order valence-electron chi connectivity index (χ4n) is 2.96. The Balaban J connectivity index is 2.29. The normalized spacial score (nSPS) is 12.8. The molecule has 162 valence electrons. The minimum Gasteiger partial charge on any atom is -0.481 e. The maximum Gasteiger partial charge on any atom is 0.303 e. The molecule has 0 saturated heterocycles. The average molecular weight is 426 g/mol. The van der Waals surface area contributed by atoms with E-state index in [-0.39, 0.29) is 11.5 Å². The highest BCUT2D eigenvalue weighted by Crippen LogP contribution is 2.37. The van der Waals surface area contributed by atoms with E-state index in [1.807, 2.05) is 12.3 Å². The third-order valence-corrected chi connectivity index (χ3v) is 10.3. The number of hydrogen-bond acceptors (Lipinski definition) is 3. The van der Waals surface area contributed by atoms with E-state index in [2.05, 4.69) is 75.3 Å². The van der Waals surface area contributed by atoms with Gasteiger partial charge in [0, 0.05) is 24.4 Å². The predicted octanol–water partition coefficient (Wildman–Crippen LogP) is 6.68. The number of pyridine rings is 1. The van der Waals surface area contributed by atoms with Crippen LogP contribution < -0.4 is 0 Å². The number of benzene rings is 1. The Morgan fingerprint density at radius 1 is 1.13 bits per heavy atom. The number of unbranched alkanes of at least 4 members (excludes halogenated alkanes) is 2. The second-order valence-corrected chi connectivity index (χ2v) is 14.0. The smallest absolute Gasteiger partial charge is 0.303 e. The average Bonchev–Trinajstić information content (AvgIpc) is 2.69. The molecule has 0 aliphatic carbocycles. The lowest BCUT2D eigenvalue weighted by Gasteiger charge is -2.36. The van der Waals surface area contributed by atoms with Crippen molar-refractivity contribution in [1.82, 2.24) is 4.98 Å². The molecule has 0 aliphatic rings. The molecule has 2 aromatic rings. The molecular weight excluding hydrogens is 390 g/mol. The van der Waals surface area contributed by atoms with Crippen LogP contribution in [0.1, 0.15) is 63.1 Å². The first-order chi connectivity index (χ1) is 14.1. The van der Waals surface area contributed by atoms with E-state index in [4.69, 9.17) is 9.53 Å². The first kappa shape index (κ1) is 24.0. The van der Waals surface area contributed by atoms with Crippen molar-refractivity contribution in [2.75, 3.05) is 0 Å². The van der Waals surface area contributed by atoms with E-state index < -0.39 is 14.3 Å². The summed E-state index contributed by atoms with van der Waals surface area (Å²) in [7, 11) is -1.86. The van der Waals surface area contributed by atoms with Gasteiger partial charge in [0.2, 0.25) is 0 Å². The van der Waals surface area contributed by atoms with Crippen molar-refractivity contribution in [2.45, 2.75) is 71.2 Å². The van der Waals surface area contributed by atoms with Crippen LogP contribution in [0.5, 0.6) is 0 Å². The van der Waals surface area contributed by atoms with Crippen molar-refractivity contribution in [1.29, 1.82) is 0 Å². The SMILES string of the molecule is CC(C)(C)[Si](C)(C)OCc1ccccc1/C(=C/CCCCC(=O)O)c1cccnc1. The number of carboxylic acids is 1. The Bertz CT molecular complexity index is 854. The second-order valence-electron chi connectivity index (χ2n) is 9.21. The maximum atomic E-state index is 10.8. The number of hydrogen-bond donors (Lipinski definition) is 1. The molecule has 0 radical (unpaired) electrons. The van der Waals surface area contributed by atoms with E-state index in [9.17, 15) is 4.79 Å². The van der Waals surface area contributed by atoms with Gasteiger partial charge in [-0.05, 0) is 60.2 Å². The summed E-state index contributed by atoms with van der Waals surface area (Å²) < 4.78 is 6.51. The highest BCUT2D eigenvalue weighted by Gasteiger charge is 2.37. The molecule has 1 N–H and O–H groups in total. The standard InChI is InChI=1S/C25H35NO3Si/c1-25(2,3)30(4,5)29-19-21-12-9-10-15-23(21)22(20-13-11-17-26-18-20)14-7-6-8-16-24(27)28/h9-15,17-18H,6-8,16,19H2,1-5H3,(H,27,28)/b22-14+.